The Morgan fingerprint density at radius 1 is 0.950 bits per heavy atom. The average Bonchev–Trinajstić information content (AvgIpc) is 3.01. The van der Waals surface area contributed by atoms with Crippen LogP contribution in [0.5, 0.6) is 0 Å². The van der Waals surface area contributed by atoms with Crippen LogP contribution < -0.4 is 0 Å². The third-order valence-corrected chi connectivity index (χ3v) is 3.39. The maximum atomic E-state index is 5.80. The Morgan fingerprint density at radius 2 is 1.65 bits per heavy atom. The summed E-state index contributed by atoms with van der Waals surface area (Å²) >= 11 is 0. The van der Waals surface area contributed by atoms with E-state index < -0.39 is 0 Å². The van der Waals surface area contributed by atoms with Gasteiger partial charge in [-0.05, 0) is 20.8 Å². The zero-order valence-electron chi connectivity index (χ0n) is 12.2. The van der Waals surface area contributed by atoms with E-state index in [9.17, 15) is 0 Å². The highest BCUT2D eigenvalue weighted by molar-refractivity contribution is 5.62. The summed E-state index contributed by atoms with van der Waals surface area (Å²) in [6.45, 7) is 5.83. The lowest BCUT2D eigenvalue weighted by Crippen LogP contribution is -1.92. The Bertz CT molecular complexity index is 779. The van der Waals surface area contributed by atoms with Crippen LogP contribution in [-0.2, 0) is 14.1 Å². The Labute approximate surface area is 116 Å². The molecule has 0 aliphatic rings. The minimum atomic E-state index is 0.480. The Hall–Kier alpha value is -2.44. The van der Waals surface area contributed by atoms with Crippen molar-refractivity contribution in [2.75, 3.05) is 0 Å². The molecule has 20 heavy (non-hydrogen) atoms. The summed E-state index contributed by atoms with van der Waals surface area (Å²) in [4.78, 5) is 0. The van der Waals surface area contributed by atoms with Crippen LogP contribution in [-0.4, -0.2) is 29.8 Å². The first-order valence-corrected chi connectivity index (χ1v) is 6.32. The molecule has 3 aromatic heterocycles. The van der Waals surface area contributed by atoms with Crippen molar-refractivity contribution < 1.29 is 4.42 Å². The largest absolute Gasteiger partial charge is 0.416 e. The molecule has 0 saturated heterocycles. The van der Waals surface area contributed by atoms with Crippen molar-refractivity contribution in [2.45, 2.75) is 20.8 Å². The minimum absolute atomic E-state index is 0.480. The van der Waals surface area contributed by atoms with Gasteiger partial charge in [-0.15, -0.1) is 10.2 Å². The number of rotatable bonds is 2. The van der Waals surface area contributed by atoms with Gasteiger partial charge in [-0.1, -0.05) is 0 Å². The van der Waals surface area contributed by atoms with Gasteiger partial charge >= 0.3 is 0 Å². The number of aryl methyl sites for hydroxylation is 4. The second kappa shape index (κ2) is 4.29. The molecule has 104 valence electrons. The monoisotopic (exact) mass is 272 g/mol. The van der Waals surface area contributed by atoms with E-state index in [2.05, 4.69) is 20.4 Å². The van der Waals surface area contributed by atoms with Crippen molar-refractivity contribution in [1.82, 2.24) is 29.8 Å². The summed E-state index contributed by atoms with van der Waals surface area (Å²) in [5, 5.41) is 16.9. The lowest BCUT2D eigenvalue weighted by Gasteiger charge is -1.95. The van der Waals surface area contributed by atoms with Crippen LogP contribution in [0.4, 0.5) is 0 Å². The molecule has 0 aliphatic carbocycles. The van der Waals surface area contributed by atoms with E-state index in [4.69, 9.17) is 4.42 Å². The van der Waals surface area contributed by atoms with Crippen LogP contribution in [0, 0.1) is 20.8 Å². The zero-order chi connectivity index (χ0) is 14.4. The molecular formula is C13H16N6O. The van der Waals surface area contributed by atoms with Crippen molar-refractivity contribution >= 4 is 0 Å². The molecule has 3 heterocycles. The van der Waals surface area contributed by atoms with Gasteiger partial charge in [-0.3, -0.25) is 9.36 Å². The van der Waals surface area contributed by atoms with Crippen molar-refractivity contribution in [2.24, 2.45) is 14.1 Å². The molecule has 0 aromatic carbocycles. The summed E-state index contributed by atoms with van der Waals surface area (Å²) in [6.07, 6.45) is 1.87. The van der Waals surface area contributed by atoms with E-state index in [0.29, 0.717) is 11.8 Å². The van der Waals surface area contributed by atoms with Crippen LogP contribution in [0.25, 0.3) is 22.9 Å². The summed E-state index contributed by atoms with van der Waals surface area (Å²) in [6, 6.07) is 0. The molecule has 0 saturated carbocycles. The summed E-state index contributed by atoms with van der Waals surface area (Å²) in [5.41, 5.74) is 4.49. The zero-order valence-corrected chi connectivity index (χ0v) is 12.2. The molecule has 0 radical (unpaired) electrons. The summed E-state index contributed by atoms with van der Waals surface area (Å²) < 4.78 is 9.34. The lowest BCUT2D eigenvalue weighted by atomic mass is 10.2. The van der Waals surface area contributed by atoms with Gasteiger partial charge in [0.1, 0.15) is 0 Å². The number of nitrogens with zero attached hydrogens (tertiary/aromatic N) is 6. The normalized spacial score (nSPS) is 11.2. The second-order valence-electron chi connectivity index (χ2n) is 4.88. The Balaban J connectivity index is 2.09. The van der Waals surface area contributed by atoms with Gasteiger partial charge in [0.25, 0.3) is 11.8 Å². The third kappa shape index (κ3) is 1.82. The van der Waals surface area contributed by atoms with Crippen LogP contribution >= 0.6 is 0 Å². The quantitative estimate of drug-likeness (QED) is 0.711. The fraction of sp³-hybridized carbons (Fsp3) is 0.385. The molecule has 7 nitrogen and oxygen atoms in total. The molecule has 3 rings (SSSR count). The number of hydrogen-bond donors (Lipinski definition) is 0. The first-order chi connectivity index (χ1) is 9.47. The lowest BCUT2D eigenvalue weighted by molar-refractivity contribution is 0.583. The maximum absolute atomic E-state index is 5.80. The highest BCUT2D eigenvalue weighted by atomic mass is 16.4. The van der Waals surface area contributed by atoms with Gasteiger partial charge in [0, 0.05) is 26.0 Å². The summed E-state index contributed by atoms with van der Waals surface area (Å²) in [7, 11) is 3.76. The van der Waals surface area contributed by atoms with E-state index >= 15 is 0 Å². The van der Waals surface area contributed by atoms with Gasteiger partial charge in [0.05, 0.1) is 22.5 Å². The van der Waals surface area contributed by atoms with Crippen molar-refractivity contribution in [3.8, 4) is 22.9 Å². The molecule has 0 N–H and O–H groups in total. The predicted octanol–water partition coefficient (Wildman–Crippen LogP) is 1.80. The van der Waals surface area contributed by atoms with Crippen LogP contribution in [0.2, 0.25) is 0 Å². The Kier molecular flexibility index (Phi) is 2.70. The van der Waals surface area contributed by atoms with Crippen molar-refractivity contribution in [1.29, 1.82) is 0 Å². The number of aromatic nitrogens is 6. The fourth-order valence-electron chi connectivity index (χ4n) is 2.33. The molecule has 0 unspecified atom stereocenters. The van der Waals surface area contributed by atoms with Gasteiger partial charge in [0.15, 0.2) is 0 Å². The molecule has 7 heteroatoms. The molecule has 0 amide bonds. The SMILES string of the molecule is Cc1nn(C)cc1-c1nnc(-c2c(C)nn(C)c2C)o1. The van der Waals surface area contributed by atoms with E-state index in [1.54, 1.807) is 4.68 Å². The smallest absolute Gasteiger partial charge is 0.251 e. The van der Waals surface area contributed by atoms with Crippen LogP contribution in [0.3, 0.4) is 0 Å². The van der Waals surface area contributed by atoms with Gasteiger partial charge < -0.3 is 4.42 Å². The van der Waals surface area contributed by atoms with E-state index in [1.165, 1.54) is 0 Å². The second-order valence-corrected chi connectivity index (χ2v) is 4.88. The molecular weight excluding hydrogens is 256 g/mol. The predicted molar refractivity (Wildman–Crippen MR) is 72.9 cm³/mol. The minimum Gasteiger partial charge on any atom is -0.416 e. The summed E-state index contributed by atoms with van der Waals surface area (Å²) in [5.74, 6) is 0.972. The third-order valence-electron chi connectivity index (χ3n) is 3.39. The average molecular weight is 272 g/mol. The first-order valence-electron chi connectivity index (χ1n) is 6.32. The molecule has 3 aromatic rings. The first kappa shape index (κ1) is 12.6. The van der Waals surface area contributed by atoms with Gasteiger partial charge in [-0.25, -0.2) is 0 Å². The standard InChI is InChI=1S/C13H16N6O/c1-7-10(6-18(4)16-7)12-14-15-13(20-12)11-8(2)17-19(5)9(11)3/h6H,1-5H3. The Morgan fingerprint density at radius 3 is 2.20 bits per heavy atom. The highest BCUT2D eigenvalue weighted by Crippen LogP contribution is 2.29. The highest BCUT2D eigenvalue weighted by Gasteiger charge is 2.20. The maximum Gasteiger partial charge on any atom is 0.251 e. The van der Waals surface area contributed by atoms with E-state index in [1.807, 2.05) is 45.7 Å². The van der Waals surface area contributed by atoms with Gasteiger partial charge in [0.2, 0.25) is 0 Å². The van der Waals surface area contributed by atoms with Crippen LogP contribution in [0.1, 0.15) is 17.1 Å². The molecule has 0 atom stereocenters. The topological polar surface area (TPSA) is 74.6 Å². The fourth-order valence-corrected chi connectivity index (χ4v) is 2.33. The van der Waals surface area contributed by atoms with E-state index in [-0.39, 0.29) is 0 Å². The van der Waals surface area contributed by atoms with E-state index in [0.717, 1.165) is 28.2 Å². The molecule has 0 spiro atoms. The molecule has 0 fully saturated rings. The van der Waals surface area contributed by atoms with Gasteiger partial charge in [-0.2, -0.15) is 10.2 Å². The van der Waals surface area contributed by atoms with Crippen LogP contribution in [0.15, 0.2) is 10.6 Å². The van der Waals surface area contributed by atoms with Crippen molar-refractivity contribution in [3.05, 3.63) is 23.3 Å². The molecule has 0 bridgehead atoms. The molecule has 0 aliphatic heterocycles. The van der Waals surface area contributed by atoms with Crippen molar-refractivity contribution in [3.63, 3.8) is 0 Å². The number of hydrogen-bond acceptors (Lipinski definition) is 5.